The predicted molar refractivity (Wildman–Crippen MR) is 85.4 cm³/mol. The van der Waals surface area contributed by atoms with Crippen molar-refractivity contribution >= 4 is 23.3 Å². The number of amides is 2. The topological polar surface area (TPSA) is 78.7 Å². The minimum atomic E-state index is -0.121. The maximum absolute atomic E-state index is 12.2. The maximum Gasteiger partial charge on any atom is 0.289 e. The standard InChI is InChI=1S/C16H18N4O3/c1-12(21)18-13-4-5-15(17-11-13)19-6-8-20(9-7-19)16(22)14-3-2-10-23-14/h2-5,10-11H,6-9H2,1H3,(H,18,21). The van der Waals surface area contributed by atoms with E-state index in [1.165, 1.54) is 13.2 Å². The second-order valence-corrected chi connectivity index (χ2v) is 5.34. The monoisotopic (exact) mass is 314 g/mol. The first kappa shape index (κ1) is 15.1. The van der Waals surface area contributed by atoms with E-state index in [-0.39, 0.29) is 11.8 Å². The summed E-state index contributed by atoms with van der Waals surface area (Å²) in [6.07, 6.45) is 3.14. The minimum Gasteiger partial charge on any atom is -0.459 e. The second-order valence-electron chi connectivity index (χ2n) is 5.34. The van der Waals surface area contributed by atoms with Crippen molar-refractivity contribution in [3.05, 3.63) is 42.5 Å². The highest BCUT2D eigenvalue weighted by atomic mass is 16.3. The summed E-state index contributed by atoms with van der Waals surface area (Å²) in [7, 11) is 0. The molecule has 0 spiro atoms. The maximum atomic E-state index is 12.2. The van der Waals surface area contributed by atoms with E-state index >= 15 is 0 Å². The Labute approximate surface area is 133 Å². The zero-order valence-electron chi connectivity index (χ0n) is 12.9. The summed E-state index contributed by atoms with van der Waals surface area (Å²) in [6, 6.07) is 7.08. The van der Waals surface area contributed by atoms with E-state index in [1.807, 2.05) is 12.1 Å². The Morgan fingerprint density at radius 3 is 2.52 bits per heavy atom. The van der Waals surface area contributed by atoms with Gasteiger partial charge in [0.2, 0.25) is 5.91 Å². The molecule has 2 amide bonds. The Kier molecular flexibility index (Phi) is 4.27. The first-order valence-corrected chi connectivity index (χ1v) is 7.45. The van der Waals surface area contributed by atoms with Crippen molar-refractivity contribution in [3.8, 4) is 0 Å². The fraction of sp³-hybridized carbons (Fsp3) is 0.312. The van der Waals surface area contributed by atoms with Crippen molar-refractivity contribution in [2.75, 3.05) is 36.4 Å². The molecule has 120 valence electrons. The largest absolute Gasteiger partial charge is 0.459 e. The van der Waals surface area contributed by atoms with Crippen molar-refractivity contribution in [2.45, 2.75) is 6.92 Å². The summed E-state index contributed by atoms with van der Waals surface area (Å²) >= 11 is 0. The third-order valence-corrected chi connectivity index (χ3v) is 3.69. The van der Waals surface area contributed by atoms with Crippen molar-refractivity contribution < 1.29 is 14.0 Å². The fourth-order valence-corrected chi connectivity index (χ4v) is 2.55. The van der Waals surface area contributed by atoms with Gasteiger partial charge in [-0.3, -0.25) is 9.59 Å². The first-order valence-electron chi connectivity index (χ1n) is 7.45. The third kappa shape index (κ3) is 3.50. The molecule has 2 aromatic rings. The first-order chi connectivity index (χ1) is 11.1. The molecular weight excluding hydrogens is 296 g/mol. The zero-order chi connectivity index (χ0) is 16.2. The van der Waals surface area contributed by atoms with E-state index in [0.29, 0.717) is 37.6 Å². The number of nitrogens with zero attached hydrogens (tertiary/aromatic N) is 3. The smallest absolute Gasteiger partial charge is 0.289 e. The van der Waals surface area contributed by atoms with Crippen LogP contribution in [-0.4, -0.2) is 47.9 Å². The summed E-state index contributed by atoms with van der Waals surface area (Å²) < 4.78 is 5.15. The van der Waals surface area contributed by atoms with Crippen LogP contribution in [-0.2, 0) is 4.79 Å². The number of hydrogen-bond donors (Lipinski definition) is 1. The number of carbonyl (C=O) groups is 2. The van der Waals surface area contributed by atoms with Gasteiger partial charge < -0.3 is 19.5 Å². The van der Waals surface area contributed by atoms with Gasteiger partial charge in [0.15, 0.2) is 5.76 Å². The molecule has 3 rings (SSSR count). The molecule has 7 heteroatoms. The average molecular weight is 314 g/mol. The molecule has 1 N–H and O–H groups in total. The number of furan rings is 1. The summed E-state index contributed by atoms with van der Waals surface area (Å²) in [5.74, 6) is 1.01. The number of aromatic nitrogens is 1. The van der Waals surface area contributed by atoms with Crippen LogP contribution in [0.2, 0.25) is 0 Å². The molecule has 0 bridgehead atoms. The van der Waals surface area contributed by atoms with Crippen LogP contribution >= 0.6 is 0 Å². The van der Waals surface area contributed by atoms with Gasteiger partial charge in [0.1, 0.15) is 5.82 Å². The number of piperazine rings is 1. The van der Waals surface area contributed by atoms with Gasteiger partial charge in [-0.05, 0) is 24.3 Å². The van der Waals surface area contributed by atoms with Crippen LogP contribution in [0.25, 0.3) is 0 Å². The van der Waals surface area contributed by atoms with Gasteiger partial charge in [0.25, 0.3) is 5.91 Å². The Balaban J connectivity index is 1.58. The Morgan fingerprint density at radius 2 is 1.96 bits per heavy atom. The normalized spacial score (nSPS) is 14.7. The third-order valence-electron chi connectivity index (χ3n) is 3.69. The number of rotatable bonds is 3. The lowest BCUT2D eigenvalue weighted by Gasteiger charge is -2.35. The molecule has 0 aromatic carbocycles. The number of carbonyl (C=O) groups excluding carboxylic acids is 2. The number of nitrogens with one attached hydrogen (secondary N) is 1. The van der Waals surface area contributed by atoms with Crippen molar-refractivity contribution in [3.63, 3.8) is 0 Å². The molecule has 23 heavy (non-hydrogen) atoms. The van der Waals surface area contributed by atoms with Crippen LogP contribution in [0.3, 0.4) is 0 Å². The highest BCUT2D eigenvalue weighted by Gasteiger charge is 2.24. The molecule has 1 fully saturated rings. The highest BCUT2D eigenvalue weighted by molar-refractivity contribution is 5.91. The van der Waals surface area contributed by atoms with Crippen molar-refractivity contribution in [2.24, 2.45) is 0 Å². The average Bonchev–Trinajstić information content (AvgIpc) is 3.09. The van der Waals surface area contributed by atoms with Gasteiger partial charge in [-0.15, -0.1) is 0 Å². The summed E-state index contributed by atoms with van der Waals surface area (Å²) in [5.41, 5.74) is 0.674. The minimum absolute atomic E-state index is 0.0800. The number of pyridine rings is 1. The Bertz CT molecular complexity index is 674. The molecule has 2 aromatic heterocycles. The van der Waals surface area contributed by atoms with Crippen LogP contribution in [0.1, 0.15) is 17.5 Å². The van der Waals surface area contributed by atoms with Gasteiger partial charge in [0.05, 0.1) is 18.1 Å². The lowest BCUT2D eigenvalue weighted by molar-refractivity contribution is -0.114. The van der Waals surface area contributed by atoms with E-state index in [2.05, 4.69) is 15.2 Å². The number of hydrogen-bond acceptors (Lipinski definition) is 5. The lowest BCUT2D eigenvalue weighted by atomic mass is 10.2. The molecular formula is C16H18N4O3. The van der Waals surface area contributed by atoms with E-state index < -0.39 is 0 Å². The zero-order valence-corrected chi connectivity index (χ0v) is 12.9. The van der Waals surface area contributed by atoms with E-state index in [0.717, 1.165) is 5.82 Å². The molecule has 0 radical (unpaired) electrons. The van der Waals surface area contributed by atoms with Crippen LogP contribution < -0.4 is 10.2 Å². The molecule has 1 saturated heterocycles. The predicted octanol–water partition coefficient (Wildman–Crippen LogP) is 1.60. The lowest BCUT2D eigenvalue weighted by Crippen LogP contribution is -2.49. The summed E-state index contributed by atoms with van der Waals surface area (Å²) in [6.45, 7) is 4.12. The molecule has 0 atom stereocenters. The van der Waals surface area contributed by atoms with Crippen LogP contribution in [0.5, 0.6) is 0 Å². The number of anilines is 2. The Morgan fingerprint density at radius 1 is 1.17 bits per heavy atom. The van der Waals surface area contributed by atoms with Crippen LogP contribution in [0, 0.1) is 0 Å². The summed E-state index contributed by atoms with van der Waals surface area (Å²) in [5, 5.41) is 2.69. The fourth-order valence-electron chi connectivity index (χ4n) is 2.55. The quantitative estimate of drug-likeness (QED) is 0.931. The molecule has 1 aliphatic heterocycles. The van der Waals surface area contributed by atoms with E-state index in [4.69, 9.17) is 4.42 Å². The van der Waals surface area contributed by atoms with Crippen LogP contribution in [0.15, 0.2) is 41.1 Å². The highest BCUT2D eigenvalue weighted by Crippen LogP contribution is 2.17. The van der Waals surface area contributed by atoms with E-state index in [9.17, 15) is 9.59 Å². The molecule has 1 aliphatic rings. The molecule has 0 aliphatic carbocycles. The van der Waals surface area contributed by atoms with Gasteiger partial charge in [0, 0.05) is 33.1 Å². The van der Waals surface area contributed by atoms with Gasteiger partial charge in [-0.2, -0.15) is 0 Å². The van der Waals surface area contributed by atoms with Gasteiger partial charge in [-0.25, -0.2) is 4.98 Å². The van der Waals surface area contributed by atoms with Gasteiger partial charge >= 0.3 is 0 Å². The molecule has 0 saturated carbocycles. The van der Waals surface area contributed by atoms with Crippen LogP contribution in [0.4, 0.5) is 11.5 Å². The molecule has 7 nitrogen and oxygen atoms in total. The Hall–Kier alpha value is -2.83. The van der Waals surface area contributed by atoms with Crippen molar-refractivity contribution in [1.29, 1.82) is 0 Å². The molecule has 0 unspecified atom stereocenters. The molecule has 3 heterocycles. The summed E-state index contributed by atoms with van der Waals surface area (Å²) in [4.78, 5) is 31.5. The second kappa shape index (κ2) is 6.51. The van der Waals surface area contributed by atoms with Gasteiger partial charge in [-0.1, -0.05) is 0 Å². The van der Waals surface area contributed by atoms with E-state index in [1.54, 1.807) is 23.2 Å². The SMILES string of the molecule is CC(=O)Nc1ccc(N2CCN(C(=O)c3ccco3)CC2)nc1. The van der Waals surface area contributed by atoms with Crippen molar-refractivity contribution in [1.82, 2.24) is 9.88 Å².